The number of nitrogens with zero attached hydrogens (tertiary/aromatic N) is 5. The van der Waals surface area contributed by atoms with E-state index in [9.17, 15) is 0 Å². The van der Waals surface area contributed by atoms with Crippen molar-refractivity contribution in [2.75, 3.05) is 13.1 Å². The van der Waals surface area contributed by atoms with Crippen molar-refractivity contribution < 1.29 is 9.05 Å². The quantitative estimate of drug-likeness (QED) is 0.693. The average molecular weight is 353 g/mol. The van der Waals surface area contributed by atoms with Gasteiger partial charge in [-0.05, 0) is 37.4 Å². The van der Waals surface area contributed by atoms with Gasteiger partial charge in [-0.1, -0.05) is 24.2 Å². The van der Waals surface area contributed by atoms with Gasteiger partial charge in [0.25, 0.3) is 0 Å². The lowest BCUT2D eigenvalue weighted by molar-refractivity contribution is 0.164. The van der Waals surface area contributed by atoms with Gasteiger partial charge in [0, 0.05) is 30.6 Å². The van der Waals surface area contributed by atoms with E-state index in [4.69, 9.17) is 9.05 Å². The third-order valence-electron chi connectivity index (χ3n) is 4.76. The topological polar surface area (TPSA) is 81.1 Å². The zero-order valence-electron chi connectivity index (χ0n) is 15.1. The Morgan fingerprint density at radius 1 is 1.27 bits per heavy atom. The number of aromatic nitrogens is 4. The van der Waals surface area contributed by atoms with Gasteiger partial charge in [-0.15, -0.1) is 0 Å². The Kier molecular flexibility index (Phi) is 4.79. The highest BCUT2D eigenvalue weighted by atomic mass is 16.5. The molecule has 0 amide bonds. The molecule has 0 spiro atoms. The van der Waals surface area contributed by atoms with Crippen molar-refractivity contribution in [3.63, 3.8) is 0 Å². The highest BCUT2D eigenvalue weighted by molar-refractivity contribution is 5.51. The molecule has 4 rings (SSSR count). The molecular formula is C19H23N5O2. The van der Waals surface area contributed by atoms with Gasteiger partial charge in [0.2, 0.25) is 11.7 Å². The molecule has 1 aliphatic heterocycles. The molecule has 1 unspecified atom stereocenters. The third-order valence-corrected chi connectivity index (χ3v) is 4.76. The molecule has 3 aromatic heterocycles. The number of hydrogen-bond donors (Lipinski definition) is 0. The molecule has 0 radical (unpaired) electrons. The lowest BCUT2D eigenvalue weighted by Crippen LogP contribution is -2.33. The van der Waals surface area contributed by atoms with Crippen molar-refractivity contribution in [2.24, 2.45) is 0 Å². The predicted molar refractivity (Wildman–Crippen MR) is 95.4 cm³/mol. The molecule has 1 fully saturated rings. The second-order valence-electron chi connectivity index (χ2n) is 7.14. The fourth-order valence-electron chi connectivity index (χ4n) is 3.31. The first kappa shape index (κ1) is 16.9. The Morgan fingerprint density at radius 3 is 2.96 bits per heavy atom. The lowest BCUT2D eigenvalue weighted by atomic mass is 9.98. The molecule has 0 aromatic carbocycles. The van der Waals surface area contributed by atoms with E-state index in [2.05, 4.69) is 45.1 Å². The number of rotatable bonds is 5. The summed E-state index contributed by atoms with van der Waals surface area (Å²) in [5.74, 6) is 2.84. The second kappa shape index (κ2) is 7.37. The minimum Gasteiger partial charge on any atom is -0.360 e. The summed E-state index contributed by atoms with van der Waals surface area (Å²) in [5.41, 5.74) is 1.88. The summed E-state index contributed by atoms with van der Waals surface area (Å²) in [4.78, 5) is 11.1. The van der Waals surface area contributed by atoms with Crippen molar-refractivity contribution in [3.05, 3.63) is 47.9 Å². The summed E-state index contributed by atoms with van der Waals surface area (Å²) in [7, 11) is 0. The molecule has 0 aliphatic carbocycles. The van der Waals surface area contributed by atoms with Gasteiger partial charge in [-0.25, -0.2) is 0 Å². The van der Waals surface area contributed by atoms with E-state index in [1.165, 1.54) is 0 Å². The van der Waals surface area contributed by atoms with Crippen LogP contribution in [0.5, 0.6) is 0 Å². The van der Waals surface area contributed by atoms with Crippen LogP contribution >= 0.6 is 0 Å². The zero-order valence-corrected chi connectivity index (χ0v) is 15.1. The van der Waals surface area contributed by atoms with Crippen LogP contribution in [0.25, 0.3) is 11.4 Å². The highest BCUT2D eigenvalue weighted by Gasteiger charge is 2.27. The predicted octanol–water partition coefficient (Wildman–Crippen LogP) is 3.62. The lowest BCUT2D eigenvalue weighted by Gasteiger charge is -2.29. The smallest absolute Gasteiger partial charge is 0.231 e. The van der Waals surface area contributed by atoms with Crippen molar-refractivity contribution >= 4 is 0 Å². The van der Waals surface area contributed by atoms with Crippen LogP contribution in [0.3, 0.4) is 0 Å². The fourth-order valence-corrected chi connectivity index (χ4v) is 3.31. The van der Waals surface area contributed by atoms with Gasteiger partial charge in [0.15, 0.2) is 5.76 Å². The fraction of sp³-hybridized carbons (Fsp3) is 0.474. The van der Waals surface area contributed by atoms with Gasteiger partial charge in [-0.2, -0.15) is 4.98 Å². The molecule has 0 bridgehead atoms. The van der Waals surface area contributed by atoms with E-state index >= 15 is 0 Å². The zero-order chi connectivity index (χ0) is 17.9. The molecule has 1 aliphatic rings. The molecule has 136 valence electrons. The summed E-state index contributed by atoms with van der Waals surface area (Å²) in [5, 5.41) is 8.27. The average Bonchev–Trinajstić information content (AvgIpc) is 3.32. The maximum absolute atomic E-state index is 5.54. The normalized spacial score (nSPS) is 18.5. The number of likely N-dealkylation sites (tertiary alicyclic amines) is 1. The Labute approximate surface area is 152 Å². The van der Waals surface area contributed by atoms with Crippen LogP contribution in [0.15, 0.2) is 39.6 Å². The minimum atomic E-state index is 0.245. The van der Waals surface area contributed by atoms with Crippen LogP contribution in [-0.4, -0.2) is 38.3 Å². The van der Waals surface area contributed by atoms with Gasteiger partial charge in [0.1, 0.15) is 0 Å². The molecule has 0 saturated carbocycles. The van der Waals surface area contributed by atoms with Crippen LogP contribution in [0.2, 0.25) is 0 Å². The van der Waals surface area contributed by atoms with E-state index in [-0.39, 0.29) is 5.92 Å². The minimum absolute atomic E-state index is 0.245. The first-order valence-electron chi connectivity index (χ1n) is 9.11. The molecule has 1 saturated heterocycles. The van der Waals surface area contributed by atoms with Crippen molar-refractivity contribution in [2.45, 2.75) is 45.1 Å². The number of pyridine rings is 1. The van der Waals surface area contributed by atoms with E-state index < -0.39 is 0 Å². The molecule has 1 atom stereocenters. The summed E-state index contributed by atoms with van der Waals surface area (Å²) < 4.78 is 11.0. The molecule has 26 heavy (non-hydrogen) atoms. The molecular weight excluding hydrogens is 330 g/mol. The first-order valence-corrected chi connectivity index (χ1v) is 9.11. The second-order valence-corrected chi connectivity index (χ2v) is 7.14. The van der Waals surface area contributed by atoms with Crippen molar-refractivity contribution in [3.8, 4) is 11.4 Å². The number of piperidine rings is 1. The highest BCUT2D eigenvalue weighted by Crippen LogP contribution is 2.28. The SMILES string of the molecule is CC(C)c1cc(CN2CCCC(c3nc(-c4cccnc4)no3)C2)on1. The summed E-state index contributed by atoms with van der Waals surface area (Å²) in [6.45, 7) is 6.92. The van der Waals surface area contributed by atoms with E-state index in [1.807, 2.05) is 12.1 Å². The van der Waals surface area contributed by atoms with Gasteiger partial charge >= 0.3 is 0 Å². The largest absolute Gasteiger partial charge is 0.360 e. The Balaban J connectivity index is 1.42. The molecule has 7 nitrogen and oxygen atoms in total. The van der Waals surface area contributed by atoms with Crippen LogP contribution in [0.1, 0.15) is 55.9 Å². The summed E-state index contributed by atoms with van der Waals surface area (Å²) >= 11 is 0. The van der Waals surface area contributed by atoms with E-state index in [1.54, 1.807) is 12.4 Å². The van der Waals surface area contributed by atoms with Crippen molar-refractivity contribution in [1.82, 2.24) is 25.2 Å². The molecule has 0 N–H and O–H groups in total. The Morgan fingerprint density at radius 2 is 2.19 bits per heavy atom. The third kappa shape index (κ3) is 3.67. The van der Waals surface area contributed by atoms with Crippen LogP contribution in [0, 0.1) is 0 Å². The maximum Gasteiger partial charge on any atom is 0.231 e. The Hall–Kier alpha value is -2.54. The molecule has 4 heterocycles. The van der Waals surface area contributed by atoms with Gasteiger partial charge in [-0.3, -0.25) is 9.88 Å². The van der Waals surface area contributed by atoms with E-state index in [0.29, 0.717) is 17.6 Å². The summed E-state index contributed by atoms with van der Waals surface area (Å²) in [6, 6.07) is 5.86. The molecule has 3 aromatic rings. The monoisotopic (exact) mass is 353 g/mol. The Bertz CT molecular complexity index is 843. The van der Waals surface area contributed by atoms with Crippen LogP contribution < -0.4 is 0 Å². The number of hydrogen-bond acceptors (Lipinski definition) is 7. The van der Waals surface area contributed by atoms with Crippen LogP contribution in [-0.2, 0) is 6.54 Å². The van der Waals surface area contributed by atoms with Gasteiger partial charge < -0.3 is 9.05 Å². The molecule has 7 heteroatoms. The van der Waals surface area contributed by atoms with Crippen molar-refractivity contribution in [1.29, 1.82) is 0 Å². The van der Waals surface area contributed by atoms with Gasteiger partial charge in [0.05, 0.1) is 18.2 Å². The maximum atomic E-state index is 5.54. The first-order chi connectivity index (χ1) is 12.7. The summed E-state index contributed by atoms with van der Waals surface area (Å²) in [6.07, 6.45) is 5.63. The van der Waals surface area contributed by atoms with Crippen LogP contribution in [0.4, 0.5) is 0 Å². The standard InChI is InChI=1S/C19H23N5O2/c1-13(2)17-9-16(25-22-17)12-24-8-4-6-15(11-24)19-21-18(23-26-19)14-5-3-7-20-10-14/h3,5,7,9-10,13,15H,4,6,8,11-12H2,1-2H3. The van der Waals surface area contributed by atoms with E-state index in [0.717, 1.165) is 49.5 Å².